The van der Waals surface area contributed by atoms with E-state index in [1.165, 1.54) is 0 Å². The Morgan fingerprint density at radius 3 is 2.08 bits per heavy atom. The van der Waals surface area contributed by atoms with Gasteiger partial charge in [-0.1, -0.05) is 38.1 Å². The highest BCUT2D eigenvalue weighted by Crippen LogP contribution is 2.25. The highest BCUT2D eigenvalue weighted by atomic mass is 32.2. The fourth-order valence-electron chi connectivity index (χ4n) is 2.74. The van der Waals surface area contributed by atoms with Gasteiger partial charge in [0.2, 0.25) is 0 Å². The summed E-state index contributed by atoms with van der Waals surface area (Å²) in [5.74, 6) is 1.69. The van der Waals surface area contributed by atoms with Crippen molar-refractivity contribution < 1.29 is 12.8 Å². The van der Waals surface area contributed by atoms with Crippen LogP contribution in [0, 0.1) is 13.8 Å². The van der Waals surface area contributed by atoms with Crippen LogP contribution < -0.4 is 4.72 Å². The quantitative estimate of drug-likeness (QED) is 0.694. The lowest BCUT2D eigenvalue weighted by Gasteiger charge is -2.10. The van der Waals surface area contributed by atoms with Crippen molar-refractivity contribution in [1.82, 2.24) is 4.98 Å². The van der Waals surface area contributed by atoms with Gasteiger partial charge in [0.15, 0.2) is 5.89 Å². The number of aromatic nitrogens is 1. The van der Waals surface area contributed by atoms with Gasteiger partial charge in [0.25, 0.3) is 10.0 Å². The molecule has 1 aromatic heterocycles. The molecule has 3 aromatic rings. The molecule has 0 aliphatic rings. The van der Waals surface area contributed by atoms with Crippen LogP contribution in [0.2, 0.25) is 0 Å². The van der Waals surface area contributed by atoms with Crippen molar-refractivity contribution in [3.8, 4) is 11.3 Å². The van der Waals surface area contributed by atoms with E-state index in [1.54, 1.807) is 43.3 Å². The second kappa shape index (κ2) is 6.96. The lowest BCUT2D eigenvalue weighted by atomic mass is 10.0. The number of anilines is 1. The van der Waals surface area contributed by atoms with Gasteiger partial charge in [0.05, 0.1) is 4.90 Å². The predicted octanol–water partition coefficient (Wildman–Crippen LogP) is 4.88. The Morgan fingerprint density at radius 2 is 1.58 bits per heavy atom. The predicted molar refractivity (Wildman–Crippen MR) is 103 cm³/mol. The number of nitrogens with zero attached hydrogens (tertiary/aromatic N) is 1. The molecule has 0 amide bonds. The van der Waals surface area contributed by atoms with Gasteiger partial charge in [0.1, 0.15) is 11.5 Å². The summed E-state index contributed by atoms with van der Waals surface area (Å²) in [7, 11) is -3.64. The van der Waals surface area contributed by atoms with Crippen LogP contribution in [-0.4, -0.2) is 13.4 Å². The van der Waals surface area contributed by atoms with Crippen LogP contribution in [0.3, 0.4) is 0 Å². The third-order valence-electron chi connectivity index (χ3n) is 4.17. The molecular weight excluding hydrogens is 348 g/mol. The highest BCUT2D eigenvalue weighted by Gasteiger charge is 2.16. The zero-order valence-electron chi connectivity index (χ0n) is 15.3. The van der Waals surface area contributed by atoms with Gasteiger partial charge in [0, 0.05) is 18.2 Å². The molecule has 3 rings (SSSR count). The first kappa shape index (κ1) is 18.2. The first-order chi connectivity index (χ1) is 12.3. The first-order valence-corrected chi connectivity index (χ1v) is 9.92. The molecule has 6 heteroatoms. The fraction of sp³-hybridized carbons (Fsp3) is 0.250. The van der Waals surface area contributed by atoms with Crippen molar-refractivity contribution in [1.29, 1.82) is 0 Å². The minimum Gasteiger partial charge on any atom is -0.446 e. The van der Waals surface area contributed by atoms with Gasteiger partial charge in [-0.3, -0.25) is 4.72 Å². The third kappa shape index (κ3) is 3.80. The van der Waals surface area contributed by atoms with Gasteiger partial charge in [-0.25, -0.2) is 13.4 Å². The maximum atomic E-state index is 12.6. The monoisotopic (exact) mass is 370 g/mol. The number of hydrogen-bond donors (Lipinski definition) is 1. The molecule has 0 aliphatic heterocycles. The third-order valence-corrected chi connectivity index (χ3v) is 5.57. The molecule has 0 radical (unpaired) electrons. The fourth-order valence-corrected chi connectivity index (χ4v) is 3.80. The Labute approximate surface area is 154 Å². The summed E-state index contributed by atoms with van der Waals surface area (Å²) in [6, 6.07) is 14.0. The van der Waals surface area contributed by atoms with Gasteiger partial charge < -0.3 is 4.42 Å². The summed E-state index contributed by atoms with van der Waals surface area (Å²) in [6.45, 7) is 7.81. The molecular formula is C20H22N2O3S. The van der Waals surface area contributed by atoms with Gasteiger partial charge in [-0.15, -0.1) is 0 Å². The average molecular weight is 370 g/mol. The lowest BCUT2D eigenvalue weighted by molar-refractivity contribution is 0.495. The molecule has 2 aromatic carbocycles. The SMILES string of the molecule is Cc1nc(-c2ccc(S(=O)(=O)Nc3ccc(C(C)C)cc3)cc2)c(C)o1. The minimum atomic E-state index is -3.64. The molecule has 136 valence electrons. The Balaban J connectivity index is 1.82. The van der Waals surface area contributed by atoms with Crippen molar-refractivity contribution >= 4 is 15.7 Å². The zero-order chi connectivity index (χ0) is 18.9. The number of benzene rings is 2. The second-order valence-corrected chi connectivity index (χ2v) is 8.23. The number of rotatable bonds is 5. The van der Waals surface area contributed by atoms with Crippen molar-refractivity contribution in [2.45, 2.75) is 38.5 Å². The zero-order valence-corrected chi connectivity index (χ0v) is 16.1. The molecule has 0 saturated heterocycles. The Morgan fingerprint density at radius 1 is 0.962 bits per heavy atom. The molecule has 0 aliphatic carbocycles. The molecule has 0 fully saturated rings. The standard InChI is InChI=1S/C20H22N2O3S/c1-13(2)16-5-9-18(10-6-16)22-26(23,24)19-11-7-17(8-12-19)20-14(3)25-15(4)21-20/h5-13,22H,1-4H3. The van der Waals surface area contributed by atoms with Crippen LogP contribution in [0.1, 0.15) is 37.0 Å². The van der Waals surface area contributed by atoms with Crippen LogP contribution in [0.5, 0.6) is 0 Å². The van der Waals surface area contributed by atoms with E-state index in [0.717, 1.165) is 16.8 Å². The molecule has 0 spiro atoms. The second-order valence-electron chi connectivity index (χ2n) is 6.54. The van der Waals surface area contributed by atoms with Gasteiger partial charge >= 0.3 is 0 Å². The molecule has 26 heavy (non-hydrogen) atoms. The number of oxazole rings is 1. The largest absolute Gasteiger partial charge is 0.446 e. The lowest BCUT2D eigenvalue weighted by Crippen LogP contribution is -2.12. The van der Waals surface area contributed by atoms with Crippen LogP contribution in [0.25, 0.3) is 11.3 Å². The van der Waals surface area contributed by atoms with E-state index in [-0.39, 0.29) is 4.90 Å². The van der Waals surface area contributed by atoms with Crippen molar-refractivity contribution in [2.24, 2.45) is 0 Å². The smallest absolute Gasteiger partial charge is 0.261 e. The van der Waals surface area contributed by atoms with Gasteiger partial charge in [-0.2, -0.15) is 0 Å². The highest BCUT2D eigenvalue weighted by molar-refractivity contribution is 7.92. The summed E-state index contributed by atoms with van der Waals surface area (Å²) < 4.78 is 33.2. The number of hydrogen-bond acceptors (Lipinski definition) is 4. The van der Waals surface area contributed by atoms with E-state index in [2.05, 4.69) is 23.6 Å². The molecule has 0 saturated carbocycles. The van der Waals surface area contributed by atoms with Crippen LogP contribution in [0.15, 0.2) is 57.8 Å². The number of sulfonamides is 1. The molecule has 0 unspecified atom stereocenters. The van der Waals surface area contributed by atoms with Crippen molar-refractivity contribution in [2.75, 3.05) is 4.72 Å². The summed E-state index contributed by atoms with van der Waals surface area (Å²) >= 11 is 0. The summed E-state index contributed by atoms with van der Waals surface area (Å²) in [5.41, 5.74) is 3.25. The van der Waals surface area contributed by atoms with E-state index in [4.69, 9.17) is 4.42 Å². The number of nitrogens with one attached hydrogen (secondary N) is 1. The van der Waals surface area contributed by atoms with Crippen molar-refractivity contribution in [3.05, 3.63) is 65.7 Å². The minimum absolute atomic E-state index is 0.201. The van der Waals surface area contributed by atoms with Crippen molar-refractivity contribution in [3.63, 3.8) is 0 Å². The molecule has 1 heterocycles. The normalized spacial score (nSPS) is 11.7. The van der Waals surface area contributed by atoms with E-state index < -0.39 is 10.0 Å². The molecule has 1 N–H and O–H groups in total. The summed E-state index contributed by atoms with van der Waals surface area (Å²) in [4.78, 5) is 4.53. The van der Waals surface area contributed by atoms with E-state index in [1.807, 2.05) is 19.1 Å². The maximum absolute atomic E-state index is 12.6. The van der Waals surface area contributed by atoms with Crippen LogP contribution in [-0.2, 0) is 10.0 Å². The maximum Gasteiger partial charge on any atom is 0.261 e. The van der Waals surface area contributed by atoms with Crippen LogP contribution >= 0.6 is 0 Å². The van der Waals surface area contributed by atoms with E-state index >= 15 is 0 Å². The number of aryl methyl sites for hydroxylation is 2. The van der Waals surface area contributed by atoms with E-state index in [9.17, 15) is 8.42 Å². The topological polar surface area (TPSA) is 72.2 Å². The Kier molecular flexibility index (Phi) is 4.87. The summed E-state index contributed by atoms with van der Waals surface area (Å²) in [6.07, 6.45) is 0. The molecule has 0 bridgehead atoms. The molecule has 0 atom stereocenters. The Bertz CT molecular complexity index is 1000. The first-order valence-electron chi connectivity index (χ1n) is 8.43. The van der Waals surface area contributed by atoms with Crippen LogP contribution in [0.4, 0.5) is 5.69 Å². The Hall–Kier alpha value is -2.60. The average Bonchev–Trinajstić information content (AvgIpc) is 2.93. The molecule has 5 nitrogen and oxygen atoms in total. The van der Waals surface area contributed by atoms with Gasteiger partial charge in [-0.05, 0) is 42.7 Å². The summed E-state index contributed by atoms with van der Waals surface area (Å²) in [5, 5.41) is 0. The van der Waals surface area contributed by atoms with E-state index in [0.29, 0.717) is 23.3 Å².